The van der Waals surface area contributed by atoms with Gasteiger partial charge in [-0.1, -0.05) is 25.4 Å². The highest BCUT2D eigenvalue weighted by Gasteiger charge is 2.25. The fourth-order valence-electron chi connectivity index (χ4n) is 2.21. The minimum absolute atomic E-state index is 0.0433. The van der Waals surface area contributed by atoms with E-state index in [1.54, 1.807) is 6.92 Å². The summed E-state index contributed by atoms with van der Waals surface area (Å²) in [6.07, 6.45) is 0.447. The predicted molar refractivity (Wildman–Crippen MR) is 76.6 cm³/mol. The summed E-state index contributed by atoms with van der Waals surface area (Å²) in [5, 5.41) is 11.5. The van der Waals surface area contributed by atoms with Gasteiger partial charge in [-0.3, -0.25) is 10.1 Å². The van der Waals surface area contributed by atoms with Gasteiger partial charge in [0.2, 0.25) is 0 Å². The van der Waals surface area contributed by atoms with Crippen molar-refractivity contribution in [3.8, 4) is 0 Å². The molecule has 0 radical (unpaired) electrons. The Labute approximate surface area is 120 Å². The maximum Gasteiger partial charge on any atom is 0.309 e. The van der Waals surface area contributed by atoms with Gasteiger partial charge in [-0.15, -0.1) is 0 Å². The van der Waals surface area contributed by atoms with E-state index >= 15 is 0 Å². The van der Waals surface area contributed by atoms with Crippen molar-refractivity contribution in [2.45, 2.75) is 27.2 Å². The first-order valence-electron chi connectivity index (χ1n) is 6.24. The molecule has 0 N–H and O–H groups in total. The Hall–Kier alpha value is -1.75. The lowest BCUT2D eigenvalue weighted by atomic mass is 10.0. The van der Waals surface area contributed by atoms with Crippen molar-refractivity contribution in [1.29, 1.82) is 0 Å². The summed E-state index contributed by atoms with van der Waals surface area (Å²) in [5.74, 6) is -0.278. The fourth-order valence-corrected chi connectivity index (χ4v) is 2.53. The van der Waals surface area contributed by atoms with Gasteiger partial charge < -0.3 is 0 Å². The van der Waals surface area contributed by atoms with Crippen molar-refractivity contribution in [2.24, 2.45) is 5.92 Å². The summed E-state index contributed by atoms with van der Waals surface area (Å²) in [6, 6.07) is 2.53. The normalized spacial score (nSPS) is 11.3. The molecule has 0 spiro atoms. The summed E-state index contributed by atoms with van der Waals surface area (Å²) < 4.78 is 13.5. The molecule has 0 bridgehead atoms. The highest BCUT2D eigenvalue weighted by Crippen LogP contribution is 2.36. The highest BCUT2D eigenvalue weighted by atomic mass is 35.5. The molecule has 0 unspecified atom stereocenters. The summed E-state index contributed by atoms with van der Waals surface area (Å²) >= 11 is 6.12. The van der Waals surface area contributed by atoms with E-state index in [1.165, 1.54) is 12.1 Å². The van der Waals surface area contributed by atoms with Crippen LogP contribution in [0.15, 0.2) is 12.1 Å². The van der Waals surface area contributed by atoms with E-state index in [1.807, 2.05) is 13.8 Å². The molecule has 0 fully saturated rings. The Bertz CT molecular complexity index is 701. The molecular formula is C14H14ClFN2O2. The minimum atomic E-state index is -0.549. The highest BCUT2D eigenvalue weighted by molar-refractivity contribution is 6.37. The van der Waals surface area contributed by atoms with Crippen molar-refractivity contribution < 1.29 is 9.31 Å². The molecule has 4 nitrogen and oxygen atoms in total. The Kier molecular flexibility index (Phi) is 3.90. The van der Waals surface area contributed by atoms with Gasteiger partial charge in [0.05, 0.1) is 10.4 Å². The maximum atomic E-state index is 13.5. The number of aromatic nitrogens is 1. The van der Waals surface area contributed by atoms with Crippen LogP contribution >= 0.6 is 11.6 Å². The number of nitrogens with zero attached hydrogens (tertiary/aromatic N) is 2. The number of aryl methyl sites for hydroxylation is 1. The third-order valence-electron chi connectivity index (χ3n) is 3.01. The summed E-state index contributed by atoms with van der Waals surface area (Å²) in [7, 11) is 0. The molecule has 106 valence electrons. The molecule has 1 aromatic heterocycles. The van der Waals surface area contributed by atoms with E-state index in [-0.39, 0.29) is 22.0 Å². The van der Waals surface area contributed by atoms with Crippen molar-refractivity contribution in [3.05, 3.63) is 44.3 Å². The van der Waals surface area contributed by atoms with Gasteiger partial charge in [-0.25, -0.2) is 9.37 Å². The van der Waals surface area contributed by atoms with Crippen LogP contribution in [0, 0.1) is 28.8 Å². The average Bonchev–Trinajstić information content (AvgIpc) is 2.29. The first-order chi connectivity index (χ1) is 9.31. The van der Waals surface area contributed by atoms with Gasteiger partial charge in [-0.05, 0) is 37.0 Å². The first kappa shape index (κ1) is 14.7. The molecule has 0 amide bonds. The van der Waals surface area contributed by atoms with Gasteiger partial charge in [0.1, 0.15) is 16.5 Å². The maximum absolute atomic E-state index is 13.5. The SMILES string of the molecule is Cc1cc(F)cc2c(Cl)c([N+](=O)[O-])c(CC(C)C)nc12. The Morgan fingerprint density at radius 2 is 2.10 bits per heavy atom. The molecule has 1 heterocycles. The molecule has 0 aliphatic heterocycles. The van der Waals surface area contributed by atoms with Gasteiger partial charge in [-0.2, -0.15) is 0 Å². The quantitative estimate of drug-likeness (QED) is 0.621. The van der Waals surface area contributed by atoms with Gasteiger partial charge in [0.15, 0.2) is 0 Å². The first-order valence-corrected chi connectivity index (χ1v) is 6.61. The van der Waals surface area contributed by atoms with Crippen molar-refractivity contribution in [1.82, 2.24) is 4.98 Å². The second-order valence-corrected chi connectivity index (χ2v) is 5.57. The Morgan fingerprint density at radius 1 is 1.45 bits per heavy atom. The summed E-state index contributed by atoms with van der Waals surface area (Å²) in [6.45, 7) is 5.60. The van der Waals surface area contributed by atoms with Gasteiger partial charge in [0.25, 0.3) is 0 Å². The second kappa shape index (κ2) is 5.32. The zero-order valence-electron chi connectivity index (χ0n) is 11.4. The average molecular weight is 297 g/mol. The van der Waals surface area contributed by atoms with Crippen LogP contribution in [-0.2, 0) is 6.42 Å². The van der Waals surface area contributed by atoms with Crippen molar-refractivity contribution in [2.75, 3.05) is 0 Å². The number of fused-ring (bicyclic) bond motifs is 1. The third-order valence-corrected chi connectivity index (χ3v) is 3.40. The number of rotatable bonds is 3. The summed E-state index contributed by atoms with van der Waals surface area (Å²) in [4.78, 5) is 15.0. The van der Waals surface area contributed by atoms with Crippen LogP contribution in [0.25, 0.3) is 10.9 Å². The third kappa shape index (κ3) is 2.58. The van der Waals surface area contributed by atoms with Crippen LogP contribution in [0.3, 0.4) is 0 Å². The topological polar surface area (TPSA) is 56.0 Å². The van der Waals surface area contributed by atoms with E-state index in [0.717, 1.165) is 0 Å². The lowest BCUT2D eigenvalue weighted by molar-refractivity contribution is -0.385. The van der Waals surface area contributed by atoms with E-state index in [4.69, 9.17) is 11.6 Å². The number of nitro groups is 1. The lowest BCUT2D eigenvalue weighted by Crippen LogP contribution is -2.05. The molecule has 0 atom stereocenters. The van der Waals surface area contributed by atoms with Crippen LogP contribution < -0.4 is 0 Å². The number of hydrogen-bond acceptors (Lipinski definition) is 3. The lowest BCUT2D eigenvalue weighted by Gasteiger charge is -2.10. The van der Waals surface area contributed by atoms with Gasteiger partial charge >= 0.3 is 5.69 Å². The van der Waals surface area contributed by atoms with Crippen LogP contribution in [0.2, 0.25) is 5.02 Å². The van der Waals surface area contributed by atoms with E-state index in [2.05, 4.69) is 4.98 Å². The number of halogens is 2. The van der Waals surface area contributed by atoms with Gasteiger partial charge in [0, 0.05) is 5.39 Å². The molecule has 2 rings (SSSR count). The standard InChI is InChI=1S/C14H14ClFN2O2/c1-7(2)4-11-14(18(19)20)12(15)10-6-9(16)5-8(3)13(10)17-11/h5-7H,4H2,1-3H3. The second-order valence-electron chi connectivity index (χ2n) is 5.20. The number of pyridine rings is 1. The molecule has 0 aliphatic carbocycles. The van der Waals surface area contributed by atoms with E-state index in [0.29, 0.717) is 23.2 Å². The molecule has 1 aromatic carbocycles. The van der Waals surface area contributed by atoms with Crippen LogP contribution in [0.5, 0.6) is 0 Å². The molecule has 2 aromatic rings. The zero-order valence-corrected chi connectivity index (χ0v) is 12.2. The predicted octanol–water partition coefficient (Wildman–Crippen LogP) is 4.44. The number of benzene rings is 1. The van der Waals surface area contributed by atoms with Crippen molar-refractivity contribution in [3.63, 3.8) is 0 Å². The molecular weight excluding hydrogens is 283 g/mol. The van der Waals surface area contributed by atoms with Crippen LogP contribution in [0.1, 0.15) is 25.1 Å². The molecule has 0 aliphatic rings. The van der Waals surface area contributed by atoms with E-state index < -0.39 is 10.7 Å². The van der Waals surface area contributed by atoms with Crippen LogP contribution in [-0.4, -0.2) is 9.91 Å². The molecule has 0 saturated carbocycles. The van der Waals surface area contributed by atoms with Crippen LogP contribution in [0.4, 0.5) is 10.1 Å². The monoisotopic (exact) mass is 296 g/mol. The largest absolute Gasteiger partial charge is 0.309 e. The smallest absolute Gasteiger partial charge is 0.258 e. The summed E-state index contributed by atoms with van der Waals surface area (Å²) in [5.41, 5.74) is 1.24. The molecule has 6 heteroatoms. The Morgan fingerprint density at radius 3 is 2.65 bits per heavy atom. The molecule has 0 saturated heterocycles. The van der Waals surface area contributed by atoms with E-state index in [9.17, 15) is 14.5 Å². The Balaban J connectivity index is 2.85. The minimum Gasteiger partial charge on any atom is -0.258 e. The van der Waals surface area contributed by atoms with Crippen molar-refractivity contribution >= 4 is 28.2 Å². The fraction of sp³-hybridized carbons (Fsp3) is 0.357. The molecule has 20 heavy (non-hydrogen) atoms. The zero-order chi connectivity index (χ0) is 15.0. The number of hydrogen-bond donors (Lipinski definition) is 0.